The van der Waals surface area contributed by atoms with Gasteiger partial charge in [0.25, 0.3) is 0 Å². The zero-order valence-corrected chi connectivity index (χ0v) is 12.4. The lowest BCUT2D eigenvalue weighted by Crippen LogP contribution is -2.37. The van der Waals surface area contributed by atoms with Gasteiger partial charge in [-0.3, -0.25) is 9.48 Å². The van der Waals surface area contributed by atoms with Crippen molar-refractivity contribution in [1.82, 2.24) is 19.8 Å². The first-order valence-electron chi connectivity index (χ1n) is 6.93. The number of hydrogen-bond acceptors (Lipinski definition) is 5. The van der Waals surface area contributed by atoms with E-state index in [2.05, 4.69) is 10.3 Å². The first-order chi connectivity index (χ1) is 10.5. The summed E-state index contributed by atoms with van der Waals surface area (Å²) < 4.78 is 6.64. The molecule has 0 aliphatic carbocycles. The Labute approximate surface area is 126 Å². The van der Waals surface area contributed by atoms with Gasteiger partial charge in [0.2, 0.25) is 5.91 Å². The summed E-state index contributed by atoms with van der Waals surface area (Å²) in [5, 5.41) is 17.0. The maximum atomic E-state index is 12.3. The van der Waals surface area contributed by atoms with Crippen molar-refractivity contribution >= 4 is 11.9 Å². The van der Waals surface area contributed by atoms with E-state index in [0.717, 1.165) is 11.4 Å². The van der Waals surface area contributed by atoms with Crippen LogP contribution in [0.3, 0.4) is 0 Å². The van der Waals surface area contributed by atoms with Crippen molar-refractivity contribution in [2.45, 2.75) is 26.3 Å². The number of nitrogens with zero attached hydrogens (tertiary/aromatic N) is 4. The second-order valence-electron chi connectivity index (χ2n) is 5.38. The quantitative estimate of drug-likeness (QED) is 0.888. The van der Waals surface area contributed by atoms with Crippen LogP contribution < -0.4 is 0 Å². The third-order valence-corrected chi connectivity index (χ3v) is 3.80. The SMILES string of the molecule is Cc1cc(CC(=O)N2CCc3c(c(C(=O)O)nn3C)C2)on1. The van der Waals surface area contributed by atoms with Crippen LogP contribution in [0, 0.1) is 6.92 Å². The number of aromatic carboxylic acids is 1. The Hall–Kier alpha value is -2.64. The third kappa shape index (κ3) is 2.47. The summed E-state index contributed by atoms with van der Waals surface area (Å²) in [7, 11) is 1.72. The minimum absolute atomic E-state index is 0.0190. The molecule has 0 saturated carbocycles. The highest BCUT2D eigenvalue weighted by atomic mass is 16.5. The topological polar surface area (TPSA) is 101 Å². The standard InChI is InChI=1S/C14H16N4O4/c1-8-5-9(22-16-8)6-12(19)18-4-3-11-10(7-18)13(14(20)21)15-17(11)2/h5H,3-4,6-7H2,1-2H3,(H,20,21). The van der Waals surface area contributed by atoms with Gasteiger partial charge in [0, 0.05) is 43.9 Å². The summed E-state index contributed by atoms with van der Waals surface area (Å²) in [4.78, 5) is 25.2. The molecule has 1 amide bonds. The number of fused-ring (bicyclic) bond motifs is 1. The van der Waals surface area contributed by atoms with Crippen molar-refractivity contribution < 1.29 is 19.2 Å². The summed E-state index contributed by atoms with van der Waals surface area (Å²) in [6, 6.07) is 1.72. The van der Waals surface area contributed by atoms with Crippen LogP contribution in [0.2, 0.25) is 0 Å². The molecule has 8 heteroatoms. The Morgan fingerprint density at radius 1 is 1.45 bits per heavy atom. The smallest absolute Gasteiger partial charge is 0.356 e. The van der Waals surface area contributed by atoms with Gasteiger partial charge in [0.1, 0.15) is 5.76 Å². The average Bonchev–Trinajstić information content (AvgIpc) is 3.02. The Balaban J connectivity index is 1.78. The predicted molar refractivity (Wildman–Crippen MR) is 74.2 cm³/mol. The number of hydrogen-bond donors (Lipinski definition) is 1. The first-order valence-corrected chi connectivity index (χ1v) is 6.93. The van der Waals surface area contributed by atoms with E-state index in [4.69, 9.17) is 4.52 Å². The Morgan fingerprint density at radius 3 is 2.86 bits per heavy atom. The molecule has 3 heterocycles. The fraction of sp³-hybridized carbons (Fsp3) is 0.429. The second-order valence-corrected chi connectivity index (χ2v) is 5.38. The zero-order chi connectivity index (χ0) is 15.9. The van der Waals surface area contributed by atoms with Gasteiger partial charge in [-0.1, -0.05) is 5.16 Å². The highest BCUT2D eigenvalue weighted by Crippen LogP contribution is 2.22. The molecule has 0 radical (unpaired) electrons. The second kappa shape index (κ2) is 5.28. The lowest BCUT2D eigenvalue weighted by atomic mass is 10.0. The van der Waals surface area contributed by atoms with Gasteiger partial charge in [0.15, 0.2) is 5.69 Å². The van der Waals surface area contributed by atoms with E-state index < -0.39 is 5.97 Å². The Morgan fingerprint density at radius 2 is 2.23 bits per heavy atom. The molecule has 0 saturated heterocycles. The Bertz CT molecular complexity index is 746. The van der Waals surface area contributed by atoms with E-state index in [9.17, 15) is 14.7 Å². The maximum Gasteiger partial charge on any atom is 0.356 e. The summed E-state index contributed by atoms with van der Waals surface area (Å²) in [6.07, 6.45) is 0.714. The minimum Gasteiger partial charge on any atom is -0.476 e. The van der Waals surface area contributed by atoms with Gasteiger partial charge >= 0.3 is 5.97 Å². The van der Waals surface area contributed by atoms with Gasteiger partial charge < -0.3 is 14.5 Å². The number of amides is 1. The largest absolute Gasteiger partial charge is 0.476 e. The van der Waals surface area contributed by atoms with Crippen molar-refractivity contribution in [3.63, 3.8) is 0 Å². The summed E-state index contributed by atoms with van der Waals surface area (Å²) in [6.45, 7) is 2.59. The van der Waals surface area contributed by atoms with Crippen molar-refractivity contribution in [2.75, 3.05) is 6.54 Å². The number of aromatic nitrogens is 3. The van der Waals surface area contributed by atoms with Crippen molar-refractivity contribution in [3.05, 3.63) is 34.5 Å². The molecule has 0 fully saturated rings. The first kappa shape index (κ1) is 14.3. The van der Waals surface area contributed by atoms with Gasteiger partial charge in [-0.15, -0.1) is 0 Å². The number of aryl methyl sites for hydroxylation is 2. The number of carboxylic acids is 1. The van der Waals surface area contributed by atoms with Crippen LogP contribution in [0.25, 0.3) is 0 Å². The number of rotatable bonds is 3. The van der Waals surface area contributed by atoms with Crippen LogP contribution in [0.4, 0.5) is 0 Å². The van der Waals surface area contributed by atoms with Gasteiger partial charge in [0.05, 0.1) is 12.1 Å². The molecule has 1 aliphatic rings. The fourth-order valence-corrected chi connectivity index (χ4v) is 2.74. The molecular formula is C14H16N4O4. The number of carboxylic acid groups (broad SMARTS) is 1. The van der Waals surface area contributed by atoms with Gasteiger partial charge in [-0.25, -0.2) is 4.79 Å². The summed E-state index contributed by atoms with van der Waals surface area (Å²) >= 11 is 0. The van der Waals surface area contributed by atoms with Crippen LogP contribution in [0.1, 0.15) is 33.2 Å². The van der Waals surface area contributed by atoms with Crippen molar-refractivity contribution in [1.29, 1.82) is 0 Å². The predicted octanol–water partition coefficient (Wildman–Crippen LogP) is 0.542. The van der Waals surface area contributed by atoms with Crippen molar-refractivity contribution in [2.24, 2.45) is 7.05 Å². The third-order valence-electron chi connectivity index (χ3n) is 3.80. The molecule has 8 nitrogen and oxygen atoms in total. The molecule has 0 aromatic carbocycles. The van der Waals surface area contributed by atoms with E-state index in [1.807, 2.05) is 0 Å². The molecule has 22 heavy (non-hydrogen) atoms. The van der Waals surface area contributed by atoms with Gasteiger partial charge in [-0.2, -0.15) is 5.10 Å². The van der Waals surface area contributed by atoms with Crippen LogP contribution in [0.15, 0.2) is 10.6 Å². The summed E-state index contributed by atoms with van der Waals surface area (Å²) in [5.74, 6) is -0.669. The minimum atomic E-state index is -1.07. The highest BCUT2D eigenvalue weighted by Gasteiger charge is 2.29. The molecule has 0 spiro atoms. The average molecular weight is 304 g/mol. The highest BCUT2D eigenvalue weighted by molar-refractivity contribution is 5.88. The molecule has 3 rings (SSSR count). The molecule has 2 aromatic rings. The van der Waals surface area contributed by atoms with Crippen LogP contribution in [0.5, 0.6) is 0 Å². The molecule has 1 N–H and O–H groups in total. The Kier molecular flexibility index (Phi) is 3.44. The summed E-state index contributed by atoms with van der Waals surface area (Å²) in [5.41, 5.74) is 2.23. The molecular weight excluding hydrogens is 288 g/mol. The number of carbonyl (C=O) groups excluding carboxylic acids is 1. The molecule has 2 aromatic heterocycles. The van der Waals surface area contributed by atoms with Crippen LogP contribution in [-0.2, 0) is 31.2 Å². The lowest BCUT2D eigenvalue weighted by molar-refractivity contribution is -0.131. The van der Waals surface area contributed by atoms with Gasteiger partial charge in [-0.05, 0) is 6.92 Å². The molecule has 0 atom stereocenters. The van der Waals surface area contributed by atoms with E-state index in [1.54, 1.807) is 29.6 Å². The van der Waals surface area contributed by atoms with Crippen LogP contribution in [-0.4, -0.2) is 43.4 Å². The van der Waals surface area contributed by atoms with E-state index in [0.29, 0.717) is 24.3 Å². The van der Waals surface area contributed by atoms with Crippen LogP contribution >= 0.6 is 0 Å². The zero-order valence-electron chi connectivity index (χ0n) is 12.4. The van der Waals surface area contributed by atoms with E-state index in [1.165, 1.54) is 0 Å². The molecule has 0 unspecified atom stereocenters. The number of carbonyl (C=O) groups is 2. The molecule has 0 bridgehead atoms. The monoisotopic (exact) mass is 304 g/mol. The maximum absolute atomic E-state index is 12.3. The van der Waals surface area contributed by atoms with E-state index >= 15 is 0 Å². The molecule has 1 aliphatic heterocycles. The normalized spacial score (nSPS) is 14.0. The lowest BCUT2D eigenvalue weighted by Gasteiger charge is -2.27. The molecule has 116 valence electrons. The van der Waals surface area contributed by atoms with Crippen molar-refractivity contribution in [3.8, 4) is 0 Å². The van der Waals surface area contributed by atoms with E-state index in [-0.39, 0.29) is 24.6 Å². The fourth-order valence-electron chi connectivity index (χ4n) is 2.74.